The molecule has 0 aromatic carbocycles. The Kier molecular flexibility index (Phi) is 6.96. The summed E-state index contributed by atoms with van der Waals surface area (Å²) >= 11 is 0. The van der Waals surface area contributed by atoms with E-state index in [2.05, 4.69) is 18.7 Å². The van der Waals surface area contributed by atoms with Crippen LogP contribution in [-0.2, 0) is 4.79 Å². The number of nitrogens with zero attached hydrogens (tertiary/aromatic N) is 2. The lowest BCUT2D eigenvalue weighted by Crippen LogP contribution is -2.56. The van der Waals surface area contributed by atoms with Crippen LogP contribution in [0, 0.1) is 5.92 Å². The number of nitrogens with two attached hydrogens (primary N) is 1. The summed E-state index contributed by atoms with van der Waals surface area (Å²) in [7, 11) is 3.65. The summed E-state index contributed by atoms with van der Waals surface area (Å²) in [6.07, 6.45) is 6.61. The van der Waals surface area contributed by atoms with Gasteiger partial charge in [-0.25, -0.2) is 0 Å². The van der Waals surface area contributed by atoms with Gasteiger partial charge in [0, 0.05) is 39.1 Å². The monoisotopic (exact) mass is 283 g/mol. The van der Waals surface area contributed by atoms with Gasteiger partial charge >= 0.3 is 0 Å². The largest absolute Gasteiger partial charge is 0.349 e. The van der Waals surface area contributed by atoms with Crippen LogP contribution in [0.15, 0.2) is 0 Å². The molecule has 1 rings (SSSR count). The number of carbonyl (C=O) groups is 1. The summed E-state index contributed by atoms with van der Waals surface area (Å²) in [6, 6.07) is 0. The van der Waals surface area contributed by atoms with E-state index in [-0.39, 0.29) is 11.4 Å². The highest BCUT2D eigenvalue weighted by atomic mass is 16.2. The van der Waals surface area contributed by atoms with Crippen molar-refractivity contribution >= 4 is 5.91 Å². The number of rotatable bonds is 7. The van der Waals surface area contributed by atoms with Gasteiger partial charge in [0.2, 0.25) is 5.91 Å². The quantitative estimate of drug-likeness (QED) is 0.778. The Morgan fingerprint density at radius 2 is 1.85 bits per heavy atom. The maximum absolute atomic E-state index is 11.8. The van der Waals surface area contributed by atoms with Crippen LogP contribution in [0.2, 0.25) is 0 Å². The van der Waals surface area contributed by atoms with E-state index in [0.717, 1.165) is 32.0 Å². The Bertz CT molecular complexity index is 296. The predicted molar refractivity (Wildman–Crippen MR) is 84.6 cm³/mol. The minimum atomic E-state index is 0.134. The second-order valence-corrected chi connectivity index (χ2v) is 6.64. The predicted octanol–water partition coefficient (Wildman–Crippen LogP) is 2.08. The van der Waals surface area contributed by atoms with Gasteiger partial charge in [0.05, 0.1) is 0 Å². The molecule has 0 aromatic heterocycles. The average molecular weight is 283 g/mol. The van der Waals surface area contributed by atoms with Gasteiger partial charge in [-0.2, -0.15) is 0 Å². The van der Waals surface area contributed by atoms with Crippen molar-refractivity contribution in [2.24, 2.45) is 11.7 Å². The van der Waals surface area contributed by atoms with Crippen LogP contribution in [-0.4, -0.2) is 55.0 Å². The third-order valence-corrected chi connectivity index (χ3v) is 4.84. The molecule has 1 aliphatic carbocycles. The standard InChI is InChI=1S/C16H33N3O/c1-5-11-19(12-8-15(20)18(3)4)16(13-17)9-6-14(2)7-10-16/h14H,5-13,17H2,1-4H3. The molecular weight excluding hydrogens is 250 g/mol. The van der Waals surface area contributed by atoms with Crippen molar-refractivity contribution in [1.29, 1.82) is 0 Å². The highest BCUT2D eigenvalue weighted by molar-refractivity contribution is 5.75. The fraction of sp³-hybridized carbons (Fsp3) is 0.938. The Labute approximate surface area is 124 Å². The van der Waals surface area contributed by atoms with Gasteiger partial charge in [0.15, 0.2) is 0 Å². The first-order valence-electron chi connectivity index (χ1n) is 8.10. The molecule has 0 bridgehead atoms. The summed E-state index contributed by atoms with van der Waals surface area (Å²) in [6.45, 7) is 7.15. The summed E-state index contributed by atoms with van der Waals surface area (Å²) < 4.78 is 0. The van der Waals surface area contributed by atoms with E-state index in [1.807, 2.05) is 14.1 Å². The molecule has 1 amide bonds. The molecule has 0 atom stereocenters. The second kappa shape index (κ2) is 7.99. The van der Waals surface area contributed by atoms with E-state index in [1.165, 1.54) is 25.7 Å². The van der Waals surface area contributed by atoms with Crippen LogP contribution in [0.3, 0.4) is 0 Å². The number of hydrogen-bond donors (Lipinski definition) is 1. The SMILES string of the molecule is CCCN(CCC(=O)N(C)C)C1(CN)CCC(C)CC1. The topological polar surface area (TPSA) is 49.6 Å². The number of amides is 1. The van der Waals surface area contributed by atoms with Crippen molar-refractivity contribution < 1.29 is 4.79 Å². The molecule has 1 aliphatic rings. The van der Waals surface area contributed by atoms with Gasteiger partial charge < -0.3 is 10.6 Å². The number of hydrogen-bond acceptors (Lipinski definition) is 3. The minimum absolute atomic E-state index is 0.134. The molecule has 0 aromatic rings. The van der Waals surface area contributed by atoms with Crippen LogP contribution >= 0.6 is 0 Å². The van der Waals surface area contributed by atoms with Crippen molar-refractivity contribution in [3.05, 3.63) is 0 Å². The lowest BCUT2D eigenvalue weighted by atomic mass is 9.75. The summed E-state index contributed by atoms with van der Waals surface area (Å²) in [4.78, 5) is 16.0. The molecule has 118 valence electrons. The Morgan fingerprint density at radius 3 is 2.30 bits per heavy atom. The fourth-order valence-corrected chi connectivity index (χ4v) is 3.26. The van der Waals surface area contributed by atoms with Crippen LogP contribution in [0.5, 0.6) is 0 Å². The highest BCUT2D eigenvalue weighted by Crippen LogP contribution is 2.36. The molecule has 0 unspecified atom stereocenters. The molecule has 4 heteroatoms. The number of carbonyl (C=O) groups excluding carboxylic acids is 1. The minimum Gasteiger partial charge on any atom is -0.349 e. The van der Waals surface area contributed by atoms with E-state index in [0.29, 0.717) is 6.42 Å². The van der Waals surface area contributed by atoms with Crippen molar-refractivity contribution in [3.63, 3.8) is 0 Å². The molecule has 1 saturated carbocycles. The Hall–Kier alpha value is -0.610. The Morgan fingerprint density at radius 1 is 1.25 bits per heavy atom. The molecular formula is C16H33N3O. The zero-order valence-corrected chi connectivity index (χ0v) is 13.8. The van der Waals surface area contributed by atoms with Crippen LogP contribution < -0.4 is 5.73 Å². The van der Waals surface area contributed by atoms with Crippen molar-refractivity contribution in [2.45, 2.75) is 57.9 Å². The maximum atomic E-state index is 11.8. The van der Waals surface area contributed by atoms with Crippen LogP contribution in [0.1, 0.15) is 52.4 Å². The molecule has 1 fully saturated rings. The van der Waals surface area contributed by atoms with E-state index < -0.39 is 0 Å². The van der Waals surface area contributed by atoms with Crippen LogP contribution in [0.4, 0.5) is 0 Å². The molecule has 0 saturated heterocycles. The van der Waals surface area contributed by atoms with E-state index in [4.69, 9.17) is 5.73 Å². The molecule has 0 aliphatic heterocycles. The van der Waals surface area contributed by atoms with Gasteiger partial charge in [-0.15, -0.1) is 0 Å². The fourth-order valence-electron chi connectivity index (χ4n) is 3.26. The zero-order valence-electron chi connectivity index (χ0n) is 13.8. The third kappa shape index (κ3) is 4.45. The van der Waals surface area contributed by atoms with Gasteiger partial charge in [-0.05, 0) is 44.6 Å². The van der Waals surface area contributed by atoms with Crippen LogP contribution in [0.25, 0.3) is 0 Å². The molecule has 20 heavy (non-hydrogen) atoms. The summed E-state index contributed by atoms with van der Waals surface area (Å²) in [5.74, 6) is 1.03. The van der Waals surface area contributed by atoms with E-state index in [9.17, 15) is 4.79 Å². The zero-order chi connectivity index (χ0) is 15.2. The molecule has 2 N–H and O–H groups in total. The normalized spacial score (nSPS) is 26.8. The summed E-state index contributed by atoms with van der Waals surface area (Å²) in [5.41, 5.74) is 6.28. The van der Waals surface area contributed by atoms with Gasteiger partial charge in [-0.3, -0.25) is 9.69 Å². The summed E-state index contributed by atoms with van der Waals surface area (Å²) in [5, 5.41) is 0. The molecule has 0 radical (unpaired) electrons. The third-order valence-electron chi connectivity index (χ3n) is 4.84. The van der Waals surface area contributed by atoms with Gasteiger partial charge in [-0.1, -0.05) is 13.8 Å². The first-order chi connectivity index (χ1) is 9.45. The van der Waals surface area contributed by atoms with Gasteiger partial charge in [0.1, 0.15) is 0 Å². The lowest BCUT2D eigenvalue weighted by molar-refractivity contribution is -0.129. The first kappa shape index (κ1) is 17.4. The van der Waals surface area contributed by atoms with Crippen molar-refractivity contribution in [2.75, 3.05) is 33.7 Å². The smallest absolute Gasteiger partial charge is 0.223 e. The van der Waals surface area contributed by atoms with Crippen molar-refractivity contribution in [3.8, 4) is 0 Å². The Balaban J connectivity index is 2.69. The van der Waals surface area contributed by atoms with E-state index in [1.54, 1.807) is 4.90 Å². The van der Waals surface area contributed by atoms with E-state index >= 15 is 0 Å². The first-order valence-corrected chi connectivity index (χ1v) is 8.10. The molecule has 0 heterocycles. The van der Waals surface area contributed by atoms with Crippen molar-refractivity contribution in [1.82, 2.24) is 9.80 Å². The van der Waals surface area contributed by atoms with Gasteiger partial charge in [0.25, 0.3) is 0 Å². The molecule has 0 spiro atoms. The molecule has 4 nitrogen and oxygen atoms in total. The highest BCUT2D eigenvalue weighted by Gasteiger charge is 2.37. The second-order valence-electron chi connectivity index (χ2n) is 6.64. The maximum Gasteiger partial charge on any atom is 0.223 e. The average Bonchev–Trinajstić information content (AvgIpc) is 2.44. The lowest BCUT2D eigenvalue weighted by Gasteiger charge is -2.47.